The van der Waals surface area contributed by atoms with Crippen molar-refractivity contribution < 1.29 is 9.90 Å². The Balaban J connectivity index is 2.39. The smallest absolute Gasteiger partial charge is 0.337 e. The summed E-state index contributed by atoms with van der Waals surface area (Å²) >= 11 is 0. The third kappa shape index (κ3) is 2.69. The van der Waals surface area contributed by atoms with Gasteiger partial charge < -0.3 is 10.4 Å². The summed E-state index contributed by atoms with van der Waals surface area (Å²) in [5.74, 6) is -0.926. The lowest BCUT2D eigenvalue weighted by Gasteiger charge is -2.11. The molecule has 0 atom stereocenters. The monoisotopic (exact) mass is 241 g/mol. The SMILES string of the molecule is Cc1cccc(Nc2cc(C)ccc2C(=O)O)c1. The topological polar surface area (TPSA) is 49.3 Å². The van der Waals surface area contributed by atoms with Crippen molar-refractivity contribution in [2.24, 2.45) is 0 Å². The number of nitrogens with one attached hydrogen (secondary N) is 1. The van der Waals surface area contributed by atoms with E-state index >= 15 is 0 Å². The standard InChI is InChI=1S/C15H15NO2/c1-10-4-3-5-12(8-10)16-14-9-11(2)6-7-13(14)15(17)18/h3-9,16H,1-2H3,(H,17,18). The van der Waals surface area contributed by atoms with Gasteiger partial charge in [-0.15, -0.1) is 0 Å². The Morgan fingerprint density at radius 3 is 2.44 bits per heavy atom. The number of benzene rings is 2. The number of hydrogen-bond donors (Lipinski definition) is 2. The highest BCUT2D eigenvalue weighted by Crippen LogP contribution is 2.23. The second-order valence-corrected chi connectivity index (χ2v) is 4.35. The van der Waals surface area contributed by atoms with E-state index in [2.05, 4.69) is 5.32 Å². The fraction of sp³-hybridized carbons (Fsp3) is 0.133. The van der Waals surface area contributed by atoms with Crippen LogP contribution in [0.1, 0.15) is 21.5 Å². The van der Waals surface area contributed by atoms with Gasteiger partial charge in [-0.05, 0) is 49.2 Å². The molecule has 0 heterocycles. The zero-order chi connectivity index (χ0) is 13.1. The molecule has 0 fully saturated rings. The third-order valence-electron chi connectivity index (χ3n) is 2.70. The molecule has 0 unspecified atom stereocenters. The minimum Gasteiger partial charge on any atom is -0.478 e. The molecular formula is C15H15NO2. The van der Waals surface area contributed by atoms with E-state index in [-0.39, 0.29) is 5.56 Å². The number of aromatic carboxylic acids is 1. The van der Waals surface area contributed by atoms with Crippen molar-refractivity contribution in [3.05, 3.63) is 59.2 Å². The number of hydrogen-bond acceptors (Lipinski definition) is 2. The van der Waals surface area contributed by atoms with Crippen LogP contribution in [0.4, 0.5) is 11.4 Å². The number of rotatable bonds is 3. The molecule has 0 aliphatic heterocycles. The van der Waals surface area contributed by atoms with Gasteiger partial charge in [-0.3, -0.25) is 0 Å². The van der Waals surface area contributed by atoms with Crippen LogP contribution < -0.4 is 5.32 Å². The quantitative estimate of drug-likeness (QED) is 0.860. The van der Waals surface area contributed by atoms with Gasteiger partial charge in [0.15, 0.2) is 0 Å². The summed E-state index contributed by atoms with van der Waals surface area (Å²) in [5, 5.41) is 12.3. The summed E-state index contributed by atoms with van der Waals surface area (Å²) in [6.45, 7) is 3.94. The molecule has 0 saturated carbocycles. The van der Waals surface area contributed by atoms with Gasteiger partial charge in [0.25, 0.3) is 0 Å². The van der Waals surface area contributed by atoms with Crippen molar-refractivity contribution in [1.82, 2.24) is 0 Å². The predicted molar refractivity (Wildman–Crippen MR) is 72.6 cm³/mol. The Bertz CT molecular complexity index is 591. The van der Waals surface area contributed by atoms with Crippen molar-refractivity contribution in [3.8, 4) is 0 Å². The van der Waals surface area contributed by atoms with Crippen LogP contribution in [0.2, 0.25) is 0 Å². The van der Waals surface area contributed by atoms with Gasteiger partial charge in [0.2, 0.25) is 0 Å². The van der Waals surface area contributed by atoms with E-state index in [0.29, 0.717) is 5.69 Å². The van der Waals surface area contributed by atoms with E-state index in [1.54, 1.807) is 12.1 Å². The Morgan fingerprint density at radius 1 is 1.06 bits per heavy atom. The van der Waals surface area contributed by atoms with Gasteiger partial charge in [-0.25, -0.2) is 4.79 Å². The maximum atomic E-state index is 11.2. The van der Waals surface area contributed by atoms with Gasteiger partial charge in [-0.2, -0.15) is 0 Å². The summed E-state index contributed by atoms with van der Waals surface area (Å²) in [4.78, 5) is 11.2. The van der Waals surface area contributed by atoms with Crippen LogP contribution in [0, 0.1) is 13.8 Å². The van der Waals surface area contributed by atoms with Gasteiger partial charge in [-0.1, -0.05) is 18.2 Å². The van der Waals surface area contributed by atoms with Gasteiger partial charge >= 0.3 is 5.97 Å². The Morgan fingerprint density at radius 2 is 1.78 bits per heavy atom. The molecule has 92 valence electrons. The Labute approximate surface area is 106 Å². The van der Waals surface area contributed by atoms with Crippen LogP contribution in [0.15, 0.2) is 42.5 Å². The number of anilines is 2. The molecule has 0 spiro atoms. The Kier molecular flexibility index (Phi) is 3.33. The van der Waals surface area contributed by atoms with Gasteiger partial charge in [0.05, 0.1) is 11.3 Å². The molecule has 0 aliphatic carbocycles. The van der Waals surface area contributed by atoms with E-state index in [4.69, 9.17) is 5.11 Å². The molecule has 2 N–H and O–H groups in total. The highest BCUT2D eigenvalue weighted by Gasteiger charge is 2.10. The highest BCUT2D eigenvalue weighted by atomic mass is 16.4. The number of carbonyl (C=O) groups is 1. The lowest BCUT2D eigenvalue weighted by molar-refractivity contribution is 0.0698. The van der Waals surface area contributed by atoms with Crippen LogP contribution in [0.5, 0.6) is 0 Å². The van der Waals surface area contributed by atoms with Crippen LogP contribution >= 0.6 is 0 Å². The first-order valence-corrected chi connectivity index (χ1v) is 5.74. The summed E-state index contributed by atoms with van der Waals surface area (Å²) in [6, 6.07) is 13.1. The number of aryl methyl sites for hydroxylation is 2. The summed E-state index contributed by atoms with van der Waals surface area (Å²) in [6.07, 6.45) is 0. The number of carboxylic acid groups (broad SMARTS) is 1. The third-order valence-corrected chi connectivity index (χ3v) is 2.70. The van der Waals surface area contributed by atoms with Crippen LogP contribution in [-0.2, 0) is 0 Å². The zero-order valence-corrected chi connectivity index (χ0v) is 10.4. The fourth-order valence-electron chi connectivity index (χ4n) is 1.83. The van der Waals surface area contributed by atoms with Crippen LogP contribution in [0.25, 0.3) is 0 Å². The minimum atomic E-state index is -0.926. The zero-order valence-electron chi connectivity index (χ0n) is 10.4. The first-order chi connectivity index (χ1) is 8.56. The molecule has 2 aromatic rings. The maximum Gasteiger partial charge on any atom is 0.337 e. The molecule has 0 bridgehead atoms. The largest absolute Gasteiger partial charge is 0.478 e. The van der Waals surface area contributed by atoms with Gasteiger partial charge in [0, 0.05) is 5.69 Å². The van der Waals surface area contributed by atoms with Crippen molar-refractivity contribution in [2.75, 3.05) is 5.32 Å². The van der Waals surface area contributed by atoms with Crippen LogP contribution in [0.3, 0.4) is 0 Å². The second-order valence-electron chi connectivity index (χ2n) is 4.35. The predicted octanol–water partition coefficient (Wildman–Crippen LogP) is 3.75. The molecule has 0 amide bonds. The molecule has 18 heavy (non-hydrogen) atoms. The first kappa shape index (κ1) is 12.2. The number of carboxylic acids is 1. The lowest BCUT2D eigenvalue weighted by Crippen LogP contribution is -2.03. The van der Waals surface area contributed by atoms with Crippen molar-refractivity contribution in [2.45, 2.75) is 13.8 Å². The molecule has 2 rings (SSSR count). The second kappa shape index (κ2) is 4.92. The minimum absolute atomic E-state index is 0.280. The lowest BCUT2D eigenvalue weighted by atomic mass is 10.1. The van der Waals surface area contributed by atoms with Gasteiger partial charge in [0.1, 0.15) is 0 Å². The van der Waals surface area contributed by atoms with E-state index in [1.165, 1.54) is 0 Å². The van der Waals surface area contributed by atoms with E-state index < -0.39 is 5.97 Å². The van der Waals surface area contributed by atoms with Crippen molar-refractivity contribution >= 4 is 17.3 Å². The molecule has 3 nitrogen and oxygen atoms in total. The average Bonchev–Trinajstić information content (AvgIpc) is 2.28. The Hall–Kier alpha value is -2.29. The van der Waals surface area contributed by atoms with E-state index in [0.717, 1.165) is 16.8 Å². The molecule has 0 aromatic heterocycles. The average molecular weight is 241 g/mol. The molecule has 0 radical (unpaired) electrons. The van der Waals surface area contributed by atoms with Crippen molar-refractivity contribution in [3.63, 3.8) is 0 Å². The van der Waals surface area contributed by atoms with E-state index in [9.17, 15) is 4.79 Å². The molecule has 0 saturated heterocycles. The first-order valence-electron chi connectivity index (χ1n) is 5.74. The summed E-state index contributed by atoms with van der Waals surface area (Å²) < 4.78 is 0. The summed E-state index contributed by atoms with van der Waals surface area (Å²) in [5.41, 5.74) is 3.94. The fourth-order valence-corrected chi connectivity index (χ4v) is 1.83. The van der Waals surface area contributed by atoms with E-state index in [1.807, 2.05) is 44.2 Å². The molecule has 0 aliphatic rings. The van der Waals surface area contributed by atoms with Crippen LogP contribution in [-0.4, -0.2) is 11.1 Å². The molecule has 3 heteroatoms. The molecule has 2 aromatic carbocycles. The summed E-state index contributed by atoms with van der Waals surface area (Å²) in [7, 11) is 0. The van der Waals surface area contributed by atoms with Crippen molar-refractivity contribution in [1.29, 1.82) is 0 Å². The molecular weight excluding hydrogens is 226 g/mol. The highest BCUT2D eigenvalue weighted by molar-refractivity contribution is 5.95. The normalized spacial score (nSPS) is 10.1. The maximum absolute atomic E-state index is 11.2.